The highest BCUT2D eigenvalue weighted by molar-refractivity contribution is 7.89. The van der Waals surface area contributed by atoms with Crippen molar-refractivity contribution in [2.75, 3.05) is 18.4 Å². The Morgan fingerprint density at radius 3 is 2.62 bits per heavy atom. The van der Waals surface area contributed by atoms with Crippen LogP contribution in [0.1, 0.15) is 18.4 Å². The molecule has 1 N–H and O–H groups in total. The predicted molar refractivity (Wildman–Crippen MR) is 114 cm³/mol. The molecule has 0 radical (unpaired) electrons. The van der Waals surface area contributed by atoms with Crippen molar-refractivity contribution in [3.63, 3.8) is 0 Å². The molecule has 1 atom stereocenters. The Kier molecular flexibility index (Phi) is 6.33. The minimum atomic E-state index is -3.82. The van der Waals surface area contributed by atoms with E-state index in [0.717, 1.165) is 17.7 Å². The summed E-state index contributed by atoms with van der Waals surface area (Å²) in [5.74, 6) is -1.37. The van der Waals surface area contributed by atoms with Gasteiger partial charge in [-0.2, -0.15) is 9.40 Å². The first kappa shape index (κ1) is 22.1. The molecule has 1 saturated heterocycles. The molecule has 2 aromatic carbocycles. The minimum Gasteiger partial charge on any atom is -0.309 e. The third kappa shape index (κ3) is 5.03. The average Bonchev–Trinajstić information content (AvgIpc) is 3.20. The number of nitrogens with one attached hydrogen (secondary N) is 1. The molecule has 0 aliphatic carbocycles. The number of benzene rings is 2. The van der Waals surface area contributed by atoms with Crippen LogP contribution in [0.3, 0.4) is 0 Å². The van der Waals surface area contributed by atoms with Crippen molar-refractivity contribution in [1.82, 2.24) is 14.1 Å². The molecule has 1 aliphatic rings. The molecule has 0 spiro atoms. The van der Waals surface area contributed by atoms with Crippen molar-refractivity contribution in [3.8, 4) is 0 Å². The lowest BCUT2D eigenvalue weighted by molar-refractivity contribution is -0.120. The number of rotatable bonds is 6. The zero-order valence-corrected chi connectivity index (χ0v) is 17.9. The van der Waals surface area contributed by atoms with Crippen LogP contribution in [-0.2, 0) is 21.4 Å². The summed E-state index contributed by atoms with van der Waals surface area (Å²) in [6.45, 7) is 0.683. The number of nitrogens with zero attached hydrogens (tertiary/aromatic N) is 3. The van der Waals surface area contributed by atoms with Crippen molar-refractivity contribution in [2.24, 2.45) is 5.92 Å². The van der Waals surface area contributed by atoms with Crippen LogP contribution in [0.25, 0.3) is 0 Å². The lowest BCUT2D eigenvalue weighted by Gasteiger charge is -2.31. The largest absolute Gasteiger partial charge is 0.309 e. The predicted octanol–water partition coefficient (Wildman–Crippen LogP) is 3.25. The quantitative estimate of drug-likeness (QED) is 0.612. The number of aromatic nitrogens is 2. The molecule has 32 heavy (non-hydrogen) atoms. The maximum Gasteiger partial charge on any atom is 0.243 e. The van der Waals surface area contributed by atoms with Gasteiger partial charge in [0.25, 0.3) is 0 Å². The van der Waals surface area contributed by atoms with Gasteiger partial charge in [-0.15, -0.1) is 0 Å². The van der Waals surface area contributed by atoms with Crippen LogP contribution >= 0.6 is 0 Å². The number of carbonyl (C=O) groups excluding carboxylic acids is 1. The van der Waals surface area contributed by atoms with Crippen LogP contribution in [0.4, 0.5) is 14.6 Å². The van der Waals surface area contributed by atoms with E-state index in [4.69, 9.17) is 0 Å². The molecule has 1 aromatic heterocycles. The topological polar surface area (TPSA) is 84.3 Å². The van der Waals surface area contributed by atoms with Crippen LogP contribution in [0.2, 0.25) is 0 Å². The van der Waals surface area contributed by atoms with Crippen LogP contribution in [0, 0.1) is 17.6 Å². The first-order chi connectivity index (χ1) is 15.3. The number of anilines is 1. The van der Waals surface area contributed by atoms with Crippen LogP contribution in [-0.4, -0.2) is 41.5 Å². The van der Waals surface area contributed by atoms with Gasteiger partial charge in [0.2, 0.25) is 15.9 Å². The fourth-order valence-corrected chi connectivity index (χ4v) is 5.22. The molecule has 0 bridgehead atoms. The lowest BCUT2D eigenvalue weighted by atomic mass is 9.99. The summed E-state index contributed by atoms with van der Waals surface area (Å²) in [6.07, 6.45) is 2.75. The first-order valence-electron chi connectivity index (χ1n) is 10.2. The summed E-state index contributed by atoms with van der Waals surface area (Å²) in [4.78, 5) is 12.7. The molecule has 3 aromatic rings. The highest BCUT2D eigenvalue weighted by Gasteiger charge is 2.33. The van der Waals surface area contributed by atoms with Gasteiger partial charge in [0.1, 0.15) is 11.6 Å². The zero-order valence-electron chi connectivity index (χ0n) is 17.1. The maximum absolute atomic E-state index is 13.3. The summed E-state index contributed by atoms with van der Waals surface area (Å²) < 4.78 is 55.0. The highest BCUT2D eigenvalue weighted by Crippen LogP contribution is 2.25. The molecule has 0 saturated carbocycles. The van der Waals surface area contributed by atoms with E-state index in [1.165, 1.54) is 28.6 Å². The summed E-state index contributed by atoms with van der Waals surface area (Å²) in [6, 6.07) is 12.4. The van der Waals surface area contributed by atoms with E-state index in [0.29, 0.717) is 31.7 Å². The molecular formula is C22H22F2N4O3S. The standard InChI is InChI=1S/C22H22F2N4O3S/c23-18-6-8-20(9-7-18)32(30,31)28-11-2-4-17(15-28)22(29)25-21-10-12-27(26-21)14-16-3-1-5-19(24)13-16/h1,3,5-10,12-13,17H,2,4,11,14-15H2,(H,25,26,29)/t17-/m0/s1. The fraction of sp³-hybridized carbons (Fsp3) is 0.273. The number of hydrogen-bond donors (Lipinski definition) is 1. The smallest absolute Gasteiger partial charge is 0.243 e. The van der Waals surface area contributed by atoms with Crippen molar-refractivity contribution in [2.45, 2.75) is 24.3 Å². The van der Waals surface area contributed by atoms with E-state index in [-0.39, 0.29) is 23.2 Å². The van der Waals surface area contributed by atoms with Crippen molar-refractivity contribution >= 4 is 21.7 Å². The summed E-state index contributed by atoms with van der Waals surface area (Å²) in [7, 11) is -3.82. The molecule has 4 rings (SSSR count). The molecule has 1 fully saturated rings. The van der Waals surface area contributed by atoms with E-state index in [9.17, 15) is 22.0 Å². The third-order valence-corrected chi connectivity index (χ3v) is 7.21. The van der Waals surface area contributed by atoms with Gasteiger partial charge in [0.15, 0.2) is 5.82 Å². The number of carbonyl (C=O) groups is 1. The number of piperidine rings is 1. The lowest BCUT2D eigenvalue weighted by Crippen LogP contribution is -2.43. The average molecular weight is 461 g/mol. The van der Waals surface area contributed by atoms with Gasteiger partial charge in [-0.05, 0) is 54.8 Å². The van der Waals surface area contributed by atoms with Gasteiger partial charge in [-0.3, -0.25) is 9.48 Å². The molecule has 1 aliphatic heterocycles. The van der Waals surface area contributed by atoms with E-state index < -0.39 is 21.8 Å². The zero-order chi connectivity index (χ0) is 22.7. The van der Waals surface area contributed by atoms with Gasteiger partial charge < -0.3 is 5.32 Å². The second kappa shape index (κ2) is 9.17. The Balaban J connectivity index is 1.39. The Hall–Kier alpha value is -3.11. The summed E-state index contributed by atoms with van der Waals surface area (Å²) in [5.41, 5.74) is 0.736. The SMILES string of the molecule is O=C(Nc1ccn(Cc2cccc(F)c2)n1)[C@H]1CCCN(S(=O)(=O)c2ccc(F)cc2)C1. The number of sulfonamides is 1. The van der Waals surface area contributed by atoms with Crippen molar-refractivity contribution in [1.29, 1.82) is 0 Å². The molecule has 7 nitrogen and oxygen atoms in total. The fourth-order valence-electron chi connectivity index (χ4n) is 3.70. The third-order valence-electron chi connectivity index (χ3n) is 5.33. The van der Waals surface area contributed by atoms with E-state index >= 15 is 0 Å². The summed E-state index contributed by atoms with van der Waals surface area (Å²) >= 11 is 0. The van der Waals surface area contributed by atoms with Gasteiger partial charge in [-0.1, -0.05) is 12.1 Å². The van der Waals surface area contributed by atoms with Gasteiger partial charge in [-0.25, -0.2) is 17.2 Å². The second-order valence-corrected chi connectivity index (χ2v) is 9.61. The number of amides is 1. The molecule has 0 unspecified atom stereocenters. The Morgan fingerprint density at radius 2 is 1.88 bits per heavy atom. The monoisotopic (exact) mass is 460 g/mol. The van der Waals surface area contributed by atoms with E-state index in [1.54, 1.807) is 29.1 Å². The second-order valence-electron chi connectivity index (χ2n) is 7.67. The van der Waals surface area contributed by atoms with E-state index in [1.807, 2.05) is 0 Å². The van der Waals surface area contributed by atoms with Crippen LogP contribution < -0.4 is 5.32 Å². The Morgan fingerprint density at radius 1 is 1.09 bits per heavy atom. The van der Waals surface area contributed by atoms with E-state index in [2.05, 4.69) is 10.4 Å². The summed E-state index contributed by atoms with van der Waals surface area (Å²) in [5, 5.41) is 7.02. The van der Waals surface area contributed by atoms with Gasteiger partial charge >= 0.3 is 0 Å². The van der Waals surface area contributed by atoms with Gasteiger partial charge in [0.05, 0.1) is 17.4 Å². The molecule has 10 heteroatoms. The molecule has 1 amide bonds. The first-order valence-corrected chi connectivity index (χ1v) is 11.6. The Bertz CT molecular complexity index is 1210. The maximum atomic E-state index is 13.3. The molecular weight excluding hydrogens is 438 g/mol. The minimum absolute atomic E-state index is 0.00366. The normalized spacial score (nSPS) is 17.2. The molecule has 168 valence electrons. The van der Waals surface area contributed by atoms with Crippen molar-refractivity contribution in [3.05, 3.63) is 78.0 Å². The van der Waals surface area contributed by atoms with Crippen LogP contribution in [0.15, 0.2) is 65.7 Å². The molecule has 2 heterocycles. The van der Waals surface area contributed by atoms with Crippen molar-refractivity contribution < 1.29 is 22.0 Å². The number of halogens is 2. The van der Waals surface area contributed by atoms with Crippen LogP contribution in [0.5, 0.6) is 0 Å². The van der Waals surface area contributed by atoms with Gasteiger partial charge in [0, 0.05) is 25.4 Å². The highest BCUT2D eigenvalue weighted by atomic mass is 32.2. The number of hydrogen-bond acceptors (Lipinski definition) is 4. The Labute approximate surface area is 184 Å².